The molecular weight excluding hydrogens is 293 g/mol. The van der Waals surface area contributed by atoms with Gasteiger partial charge in [0.2, 0.25) is 10.0 Å². The van der Waals surface area contributed by atoms with Crippen LogP contribution in [0.25, 0.3) is 0 Å². The zero-order chi connectivity index (χ0) is 15.5. The van der Waals surface area contributed by atoms with Crippen molar-refractivity contribution in [1.29, 1.82) is 0 Å². The molecule has 1 saturated carbocycles. The Morgan fingerprint density at radius 2 is 2.14 bits per heavy atom. The number of nitrogens with zero attached hydrogens (tertiary/aromatic N) is 1. The summed E-state index contributed by atoms with van der Waals surface area (Å²) in [5, 5.41) is 8.60. The van der Waals surface area contributed by atoms with Crippen LogP contribution in [0.1, 0.15) is 31.7 Å². The van der Waals surface area contributed by atoms with Gasteiger partial charge in [-0.25, -0.2) is 12.8 Å². The second-order valence-electron chi connectivity index (χ2n) is 4.95. The first kappa shape index (κ1) is 16.0. The molecule has 0 saturated heterocycles. The van der Waals surface area contributed by atoms with Crippen LogP contribution in [0.5, 0.6) is 0 Å². The molecule has 0 bridgehead atoms. The topological polar surface area (TPSA) is 57.6 Å². The monoisotopic (exact) mass is 311 g/mol. The molecule has 0 spiro atoms. The molecule has 0 heterocycles. The summed E-state index contributed by atoms with van der Waals surface area (Å²) in [6.45, 7) is 1.99. The smallest absolute Gasteiger partial charge is 0.243 e. The van der Waals surface area contributed by atoms with Crippen LogP contribution >= 0.6 is 0 Å². The van der Waals surface area contributed by atoms with Gasteiger partial charge in [0.25, 0.3) is 0 Å². The Bertz CT molecular complexity index is 672. The SMILES string of the molecule is CCCN(C1CC1)S(=O)(=O)c1ccc(C#CCO)c(F)c1. The Kier molecular flexibility index (Phi) is 4.99. The van der Waals surface area contributed by atoms with Gasteiger partial charge in [-0.15, -0.1) is 0 Å². The Hall–Kier alpha value is -1.42. The molecule has 1 aromatic carbocycles. The molecule has 0 unspecified atom stereocenters. The number of benzene rings is 1. The van der Waals surface area contributed by atoms with Gasteiger partial charge in [0.15, 0.2) is 0 Å². The molecule has 1 aliphatic carbocycles. The number of hydrogen-bond acceptors (Lipinski definition) is 3. The molecule has 0 amide bonds. The van der Waals surface area contributed by atoms with E-state index in [-0.39, 0.29) is 23.1 Å². The fraction of sp³-hybridized carbons (Fsp3) is 0.467. The minimum atomic E-state index is -3.66. The summed E-state index contributed by atoms with van der Waals surface area (Å²) in [6, 6.07) is 3.75. The maximum Gasteiger partial charge on any atom is 0.243 e. The first-order valence-corrected chi connectivity index (χ1v) is 8.35. The molecule has 2 rings (SSSR count). The molecule has 1 N–H and O–H groups in total. The highest BCUT2D eigenvalue weighted by Gasteiger charge is 2.37. The number of hydrogen-bond donors (Lipinski definition) is 1. The summed E-state index contributed by atoms with van der Waals surface area (Å²) >= 11 is 0. The third-order valence-corrected chi connectivity index (χ3v) is 5.20. The van der Waals surface area contributed by atoms with Crippen LogP contribution in [0.3, 0.4) is 0 Å². The van der Waals surface area contributed by atoms with E-state index in [4.69, 9.17) is 5.11 Å². The number of halogens is 1. The van der Waals surface area contributed by atoms with Gasteiger partial charge in [-0.1, -0.05) is 18.8 Å². The number of aliphatic hydroxyl groups excluding tert-OH is 1. The Morgan fingerprint density at radius 3 is 2.67 bits per heavy atom. The molecule has 1 aliphatic rings. The van der Waals surface area contributed by atoms with E-state index in [9.17, 15) is 12.8 Å². The Balaban J connectivity index is 2.33. The highest BCUT2D eigenvalue weighted by molar-refractivity contribution is 7.89. The normalized spacial score (nSPS) is 14.9. The lowest BCUT2D eigenvalue weighted by atomic mass is 10.2. The van der Waals surface area contributed by atoms with Crippen molar-refractivity contribution in [2.45, 2.75) is 37.1 Å². The highest BCUT2D eigenvalue weighted by atomic mass is 32.2. The molecule has 0 atom stereocenters. The lowest BCUT2D eigenvalue weighted by molar-refractivity contribution is 0.350. The van der Waals surface area contributed by atoms with Crippen molar-refractivity contribution in [1.82, 2.24) is 4.31 Å². The zero-order valence-corrected chi connectivity index (χ0v) is 12.7. The second-order valence-corrected chi connectivity index (χ2v) is 6.84. The van der Waals surface area contributed by atoms with Gasteiger partial charge >= 0.3 is 0 Å². The van der Waals surface area contributed by atoms with E-state index >= 15 is 0 Å². The fourth-order valence-electron chi connectivity index (χ4n) is 2.11. The van der Waals surface area contributed by atoms with Gasteiger partial charge in [0.05, 0.1) is 10.5 Å². The average Bonchev–Trinajstić information content (AvgIpc) is 3.27. The summed E-state index contributed by atoms with van der Waals surface area (Å²) in [5.74, 6) is 4.10. The third kappa shape index (κ3) is 3.62. The Morgan fingerprint density at radius 1 is 1.43 bits per heavy atom. The van der Waals surface area contributed by atoms with Gasteiger partial charge in [-0.2, -0.15) is 4.31 Å². The molecule has 0 aromatic heterocycles. The fourth-order valence-corrected chi connectivity index (χ4v) is 3.90. The van der Waals surface area contributed by atoms with Crippen molar-refractivity contribution >= 4 is 10.0 Å². The Labute approximate surface area is 124 Å². The number of sulfonamides is 1. The van der Waals surface area contributed by atoms with E-state index in [1.165, 1.54) is 16.4 Å². The summed E-state index contributed by atoms with van der Waals surface area (Å²) in [4.78, 5) is -0.0464. The molecule has 1 aromatic rings. The zero-order valence-electron chi connectivity index (χ0n) is 11.8. The van der Waals surface area contributed by atoms with Gasteiger partial charge in [0, 0.05) is 12.6 Å². The molecule has 0 radical (unpaired) electrons. The van der Waals surface area contributed by atoms with Crippen LogP contribution in [0.4, 0.5) is 4.39 Å². The van der Waals surface area contributed by atoms with E-state index in [0.717, 1.165) is 25.3 Å². The van der Waals surface area contributed by atoms with E-state index < -0.39 is 15.8 Å². The number of aliphatic hydroxyl groups is 1. The van der Waals surface area contributed by atoms with E-state index in [1.54, 1.807) is 0 Å². The van der Waals surface area contributed by atoms with Crippen LogP contribution in [-0.4, -0.2) is 37.0 Å². The molecule has 1 fully saturated rings. The van der Waals surface area contributed by atoms with Crippen molar-refractivity contribution in [3.05, 3.63) is 29.6 Å². The molecule has 21 heavy (non-hydrogen) atoms. The van der Waals surface area contributed by atoms with Crippen molar-refractivity contribution in [3.8, 4) is 11.8 Å². The summed E-state index contributed by atoms with van der Waals surface area (Å²) in [6.07, 6.45) is 2.45. The largest absolute Gasteiger partial charge is 0.384 e. The van der Waals surface area contributed by atoms with Crippen molar-refractivity contribution in [3.63, 3.8) is 0 Å². The van der Waals surface area contributed by atoms with Gasteiger partial charge < -0.3 is 5.11 Å². The van der Waals surface area contributed by atoms with Crippen LogP contribution in [0.2, 0.25) is 0 Å². The molecular formula is C15H18FNO3S. The quantitative estimate of drug-likeness (QED) is 0.843. The predicted octanol–water partition coefficient (Wildman–Crippen LogP) is 1.73. The minimum absolute atomic E-state index is 0.0464. The summed E-state index contributed by atoms with van der Waals surface area (Å²) < 4.78 is 40.5. The minimum Gasteiger partial charge on any atom is -0.384 e. The van der Waals surface area contributed by atoms with Crippen LogP contribution in [0, 0.1) is 17.7 Å². The molecule has 114 valence electrons. The molecule has 0 aliphatic heterocycles. The van der Waals surface area contributed by atoms with Crippen molar-refractivity contribution < 1.29 is 17.9 Å². The average molecular weight is 311 g/mol. The van der Waals surface area contributed by atoms with Crippen LogP contribution in [0.15, 0.2) is 23.1 Å². The lowest BCUT2D eigenvalue weighted by Crippen LogP contribution is -2.33. The first-order valence-electron chi connectivity index (χ1n) is 6.91. The van der Waals surface area contributed by atoms with E-state index in [2.05, 4.69) is 11.8 Å². The maximum absolute atomic E-state index is 13.9. The molecule has 6 heteroatoms. The van der Waals surface area contributed by atoms with Crippen molar-refractivity contribution in [2.24, 2.45) is 0 Å². The van der Waals surface area contributed by atoms with Crippen molar-refractivity contribution in [2.75, 3.05) is 13.2 Å². The first-order chi connectivity index (χ1) is 10.0. The van der Waals surface area contributed by atoms with E-state index in [0.29, 0.717) is 6.54 Å². The van der Waals surface area contributed by atoms with E-state index in [1.807, 2.05) is 6.92 Å². The van der Waals surface area contributed by atoms with Crippen LogP contribution in [-0.2, 0) is 10.0 Å². The molecule has 4 nitrogen and oxygen atoms in total. The highest BCUT2D eigenvalue weighted by Crippen LogP contribution is 2.32. The third-order valence-electron chi connectivity index (χ3n) is 3.25. The lowest BCUT2D eigenvalue weighted by Gasteiger charge is -2.21. The van der Waals surface area contributed by atoms with Gasteiger partial charge in [-0.05, 0) is 37.5 Å². The standard InChI is InChI=1S/C15H18FNO3S/c1-2-9-17(13-6-7-13)21(19,20)14-8-5-12(4-3-10-18)15(16)11-14/h5,8,11,13,18H,2,6-7,9-10H2,1H3. The summed E-state index contributed by atoms with van der Waals surface area (Å²) in [5.41, 5.74) is 0.0801. The van der Waals surface area contributed by atoms with Gasteiger partial charge in [-0.3, -0.25) is 0 Å². The maximum atomic E-state index is 13.9. The second kappa shape index (κ2) is 6.56. The summed E-state index contributed by atoms with van der Waals surface area (Å²) in [7, 11) is -3.66. The van der Waals surface area contributed by atoms with Gasteiger partial charge in [0.1, 0.15) is 12.4 Å². The number of rotatable bonds is 5. The predicted molar refractivity (Wildman–Crippen MR) is 77.6 cm³/mol. The van der Waals surface area contributed by atoms with Crippen LogP contribution < -0.4 is 0 Å².